The molecule has 2 atom stereocenters. The standard InChI is InChI=1S/C37H44N8O3/c1-21-8-7-9-22(2)32(21)36(46)39-23(3)28-13-12-25-17-30(44(34(25)40-28)19-24-10-11-24)35-41-29-16-26(18-31(48-6)33(29)43(35)5)37(47)45-20-27(38)14-15-42(45)4/h7-9,12-13,16-18,23-24,27H,10-11,14-15,19-20,38H2,1-6H3,(H,39,46)/t23-,27-/m1/s1. The maximum absolute atomic E-state index is 13.7. The molecule has 4 heterocycles. The Balaban J connectivity index is 1.27. The lowest BCUT2D eigenvalue weighted by Gasteiger charge is -2.38. The first-order chi connectivity index (χ1) is 23.0. The number of amides is 2. The molecule has 0 spiro atoms. The van der Waals surface area contributed by atoms with Crippen molar-refractivity contribution in [1.29, 1.82) is 0 Å². The SMILES string of the molecule is COc1cc(C(=O)N2C[C@H](N)CCN2C)cc2nc(-c3cc4ccc([C@@H](C)NC(=O)c5c(C)cccc5C)nc4n3CC3CC3)n(C)c12. The molecule has 3 aromatic heterocycles. The zero-order valence-corrected chi connectivity index (χ0v) is 28.6. The Labute approximate surface area is 280 Å². The number of rotatable bonds is 8. The lowest BCUT2D eigenvalue weighted by atomic mass is 10.0. The average molecular weight is 649 g/mol. The van der Waals surface area contributed by atoms with E-state index in [0.717, 1.165) is 64.4 Å². The number of carbonyl (C=O) groups is 2. The normalized spacial score (nSPS) is 17.6. The molecule has 5 aromatic rings. The van der Waals surface area contributed by atoms with E-state index in [1.54, 1.807) is 18.2 Å². The van der Waals surface area contributed by atoms with Gasteiger partial charge in [0.15, 0.2) is 5.82 Å². The van der Waals surface area contributed by atoms with Crippen LogP contribution in [0.4, 0.5) is 0 Å². The second kappa shape index (κ2) is 12.4. The first-order valence-electron chi connectivity index (χ1n) is 16.7. The van der Waals surface area contributed by atoms with E-state index in [9.17, 15) is 9.59 Å². The van der Waals surface area contributed by atoms with Gasteiger partial charge in [0.2, 0.25) is 0 Å². The van der Waals surface area contributed by atoms with Crippen molar-refractivity contribution in [3.8, 4) is 17.3 Å². The summed E-state index contributed by atoms with van der Waals surface area (Å²) in [6.07, 6.45) is 3.20. The summed E-state index contributed by atoms with van der Waals surface area (Å²) in [5, 5.41) is 7.81. The van der Waals surface area contributed by atoms with Crippen LogP contribution in [0.3, 0.4) is 0 Å². The number of nitrogens with zero attached hydrogens (tertiary/aromatic N) is 6. The van der Waals surface area contributed by atoms with Gasteiger partial charge in [-0.2, -0.15) is 0 Å². The van der Waals surface area contributed by atoms with Gasteiger partial charge in [0, 0.05) is 49.7 Å². The zero-order chi connectivity index (χ0) is 33.9. The highest BCUT2D eigenvalue weighted by Gasteiger charge is 2.30. The van der Waals surface area contributed by atoms with Crippen LogP contribution in [0.15, 0.2) is 48.5 Å². The Kier molecular flexibility index (Phi) is 8.21. The number of pyridine rings is 1. The number of methoxy groups -OCH3 is 1. The molecule has 3 N–H and O–H groups in total. The largest absolute Gasteiger partial charge is 0.494 e. The van der Waals surface area contributed by atoms with E-state index < -0.39 is 0 Å². The van der Waals surface area contributed by atoms with Gasteiger partial charge in [-0.25, -0.2) is 15.0 Å². The van der Waals surface area contributed by atoms with Crippen LogP contribution in [0.5, 0.6) is 5.75 Å². The third-order valence-corrected chi connectivity index (χ3v) is 9.91. The predicted octanol–water partition coefficient (Wildman–Crippen LogP) is 5.14. The van der Waals surface area contributed by atoms with Gasteiger partial charge < -0.3 is 24.9 Å². The van der Waals surface area contributed by atoms with Gasteiger partial charge in [-0.05, 0) is 87.4 Å². The highest BCUT2D eigenvalue weighted by atomic mass is 16.5. The van der Waals surface area contributed by atoms with Crippen LogP contribution in [-0.2, 0) is 13.6 Å². The van der Waals surface area contributed by atoms with Gasteiger partial charge in [0.25, 0.3) is 11.8 Å². The average Bonchev–Trinajstić information content (AvgIpc) is 3.74. The van der Waals surface area contributed by atoms with E-state index in [0.29, 0.717) is 34.9 Å². The number of nitrogens with two attached hydrogens (primary N) is 1. The summed E-state index contributed by atoms with van der Waals surface area (Å²) in [7, 11) is 5.51. The number of fused-ring (bicyclic) bond motifs is 2. The minimum atomic E-state index is -0.293. The molecule has 1 aliphatic carbocycles. The Hall–Kier alpha value is -4.74. The van der Waals surface area contributed by atoms with Crippen molar-refractivity contribution in [2.24, 2.45) is 18.7 Å². The molecule has 0 unspecified atom stereocenters. The number of imidazole rings is 1. The molecule has 1 aliphatic heterocycles. The van der Waals surface area contributed by atoms with Crippen LogP contribution in [0, 0.1) is 19.8 Å². The molecule has 250 valence electrons. The zero-order valence-electron chi connectivity index (χ0n) is 28.6. The molecule has 2 aliphatic rings. The molecule has 11 nitrogen and oxygen atoms in total. The summed E-state index contributed by atoms with van der Waals surface area (Å²) < 4.78 is 10.1. The van der Waals surface area contributed by atoms with Crippen molar-refractivity contribution < 1.29 is 14.3 Å². The third kappa shape index (κ3) is 5.71. The molecule has 1 saturated carbocycles. The van der Waals surface area contributed by atoms with E-state index >= 15 is 0 Å². The van der Waals surface area contributed by atoms with Crippen molar-refractivity contribution in [3.63, 3.8) is 0 Å². The number of aromatic nitrogens is 4. The highest BCUT2D eigenvalue weighted by molar-refractivity contribution is 6.00. The Morgan fingerprint density at radius 1 is 1.04 bits per heavy atom. The molecule has 1 saturated heterocycles. The molecule has 0 bridgehead atoms. The first-order valence-corrected chi connectivity index (χ1v) is 16.7. The quantitative estimate of drug-likeness (QED) is 0.239. The summed E-state index contributed by atoms with van der Waals surface area (Å²) in [6, 6.07) is 15.4. The van der Waals surface area contributed by atoms with Gasteiger partial charge in [-0.1, -0.05) is 18.2 Å². The van der Waals surface area contributed by atoms with Crippen LogP contribution in [-0.4, -0.2) is 74.2 Å². The van der Waals surface area contributed by atoms with E-state index in [1.165, 1.54) is 12.8 Å². The lowest BCUT2D eigenvalue weighted by molar-refractivity contribution is -0.0168. The second-order valence-electron chi connectivity index (χ2n) is 13.6. The monoisotopic (exact) mass is 648 g/mol. The topological polar surface area (TPSA) is 124 Å². The molecule has 7 rings (SSSR count). The van der Waals surface area contributed by atoms with Crippen LogP contribution in [0.2, 0.25) is 0 Å². The number of nitrogens with one attached hydrogen (secondary N) is 1. The highest BCUT2D eigenvalue weighted by Crippen LogP contribution is 2.38. The summed E-state index contributed by atoms with van der Waals surface area (Å²) in [5.41, 5.74) is 13.4. The Morgan fingerprint density at radius 2 is 1.79 bits per heavy atom. The Bertz CT molecular complexity index is 2040. The molecule has 0 radical (unpaired) electrons. The van der Waals surface area contributed by atoms with Crippen LogP contribution in [0.25, 0.3) is 33.6 Å². The molecule has 2 aromatic carbocycles. The van der Waals surface area contributed by atoms with Crippen molar-refractivity contribution in [2.75, 3.05) is 27.2 Å². The minimum Gasteiger partial charge on any atom is -0.494 e. The maximum Gasteiger partial charge on any atom is 0.268 e. The number of benzene rings is 2. The van der Waals surface area contributed by atoms with Crippen LogP contribution >= 0.6 is 0 Å². The van der Waals surface area contributed by atoms with Crippen molar-refractivity contribution in [2.45, 2.75) is 58.7 Å². The van der Waals surface area contributed by atoms with Gasteiger partial charge in [-0.3, -0.25) is 14.6 Å². The maximum atomic E-state index is 13.7. The number of carbonyl (C=O) groups excluding carboxylic acids is 2. The number of hydrazine groups is 1. The lowest BCUT2D eigenvalue weighted by Crippen LogP contribution is -2.55. The number of hydrogen-bond donors (Lipinski definition) is 2. The van der Waals surface area contributed by atoms with E-state index in [1.807, 2.05) is 74.8 Å². The van der Waals surface area contributed by atoms with Crippen molar-refractivity contribution in [3.05, 3.63) is 76.5 Å². The fourth-order valence-electron chi connectivity index (χ4n) is 6.96. The van der Waals surface area contributed by atoms with Gasteiger partial charge >= 0.3 is 0 Å². The third-order valence-electron chi connectivity index (χ3n) is 9.91. The number of ether oxygens (including phenoxy) is 1. The molecule has 48 heavy (non-hydrogen) atoms. The fourth-order valence-corrected chi connectivity index (χ4v) is 6.96. The number of aryl methyl sites for hydroxylation is 3. The van der Waals surface area contributed by atoms with Crippen molar-refractivity contribution in [1.82, 2.24) is 34.4 Å². The summed E-state index contributed by atoms with van der Waals surface area (Å²) >= 11 is 0. The summed E-state index contributed by atoms with van der Waals surface area (Å²) in [4.78, 5) is 37.3. The van der Waals surface area contributed by atoms with Crippen LogP contribution in [0.1, 0.15) is 69.8 Å². The van der Waals surface area contributed by atoms with Crippen LogP contribution < -0.4 is 15.8 Å². The fraction of sp³-hybridized carbons (Fsp3) is 0.405. The van der Waals surface area contributed by atoms with Gasteiger partial charge in [-0.15, -0.1) is 0 Å². The van der Waals surface area contributed by atoms with Gasteiger partial charge in [0.05, 0.1) is 36.6 Å². The second-order valence-corrected chi connectivity index (χ2v) is 13.6. The van der Waals surface area contributed by atoms with E-state index in [4.69, 9.17) is 20.4 Å². The molecule has 2 amide bonds. The number of hydrogen-bond acceptors (Lipinski definition) is 7. The smallest absolute Gasteiger partial charge is 0.268 e. The molecular formula is C37H44N8O3. The molecular weight excluding hydrogens is 604 g/mol. The summed E-state index contributed by atoms with van der Waals surface area (Å²) in [6.45, 7) is 7.90. The molecule has 11 heteroatoms. The van der Waals surface area contributed by atoms with Gasteiger partial charge in [0.1, 0.15) is 16.9 Å². The molecule has 2 fully saturated rings. The van der Waals surface area contributed by atoms with E-state index in [2.05, 4.69) is 22.0 Å². The minimum absolute atomic E-state index is 0.0590. The first kappa shape index (κ1) is 31.8. The Morgan fingerprint density at radius 3 is 2.50 bits per heavy atom. The van der Waals surface area contributed by atoms with E-state index in [-0.39, 0.29) is 23.9 Å². The predicted molar refractivity (Wildman–Crippen MR) is 187 cm³/mol. The summed E-state index contributed by atoms with van der Waals surface area (Å²) in [5.74, 6) is 1.70. The van der Waals surface area contributed by atoms with Crippen molar-refractivity contribution >= 4 is 33.9 Å².